The minimum absolute atomic E-state index is 0.0577. The molecule has 1 aromatic rings. The summed E-state index contributed by atoms with van der Waals surface area (Å²) in [6, 6.07) is 5.27. The van der Waals surface area contributed by atoms with Gasteiger partial charge in [-0.25, -0.2) is 9.59 Å². The fourth-order valence-electron chi connectivity index (χ4n) is 1.22. The summed E-state index contributed by atoms with van der Waals surface area (Å²) >= 11 is 0. The maximum atomic E-state index is 11.7. The van der Waals surface area contributed by atoms with Crippen molar-refractivity contribution >= 4 is 17.8 Å². The molecule has 0 fully saturated rings. The van der Waals surface area contributed by atoms with Crippen molar-refractivity contribution in [2.24, 2.45) is 0 Å². The molecule has 1 amide bonds. The lowest BCUT2D eigenvalue weighted by molar-refractivity contribution is -0.155. The van der Waals surface area contributed by atoms with Gasteiger partial charge in [0, 0.05) is 5.56 Å². The third-order valence-corrected chi connectivity index (χ3v) is 2.43. The smallest absolute Gasteiger partial charge is 0.337 e. The summed E-state index contributed by atoms with van der Waals surface area (Å²) in [6.45, 7) is 0.557. The average Bonchev–Trinajstić information content (AvgIpc) is 2.36. The molecule has 1 rings (SSSR count). The van der Waals surface area contributed by atoms with E-state index in [-0.39, 0.29) is 11.1 Å². The van der Waals surface area contributed by atoms with Crippen molar-refractivity contribution in [3.8, 4) is 0 Å². The maximum Gasteiger partial charge on any atom is 0.337 e. The highest BCUT2D eigenvalue weighted by Gasteiger charge is 2.30. The number of aliphatic carboxylic acids is 1. The van der Waals surface area contributed by atoms with Crippen LogP contribution >= 0.6 is 0 Å². The summed E-state index contributed by atoms with van der Waals surface area (Å²) in [5, 5.41) is 29.1. The molecule has 0 saturated heterocycles. The Bertz CT molecular complexity index is 523. The van der Waals surface area contributed by atoms with E-state index in [1.165, 1.54) is 18.2 Å². The number of rotatable bonds is 5. The van der Waals surface area contributed by atoms with Crippen molar-refractivity contribution in [2.75, 3.05) is 6.54 Å². The normalized spacial score (nSPS) is 13.4. The molecular weight excluding hydrogens is 254 g/mol. The molecule has 102 valence electrons. The van der Waals surface area contributed by atoms with Crippen molar-refractivity contribution in [1.82, 2.24) is 5.32 Å². The Morgan fingerprint density at radius 2 is 1.79 bits per heavy atom. The van der Waals surface area contributed by atoms with Gasteiger partial charge in [-0.1, -0.05) is 6.07 Å². The molecule has 0 bridgehead atoms. The molecule has 0 spiro atoms. The number of carboxylic acids is 2. The number of hydrogen-bond acceptors (Lipinski definition) is 4. The monoisotopic (exact) mass is 267 g/mol. The zero-order chi connectivity index (χ0) is 14.6. The number of aliphatic hydroxyl groups is 1. The van der Waals surface area contributed by atoms with Crippen LogP contribution in [-0.2, 0) is 4.79 Å². The predicted molar refractivity (Wildman–Crippen MR) is 64.0 cm³/mol. The Balaban J connectivity index is 2.77. The minimum Gasteiger partial charge on any atom is -0.479 e. The van der Waals surface area contributed by atoms with Crippen molar-refractivity contribution in [2.45, 2.75) is 12.5 Å². The van der Waals surface area contributed by atoms with E-state index in [4.69, 9.17) is 10.2 Å². The molecule has 0 aliphatic carbocycles. The Hall–Kier alpha value is -2.41. The van der Waals surface area contributed by atoms with E-state index in [9.17, 15) is 19.5 Å². The Labute approximate surface area is 108 Å². The zero-order valence-corrected chi connectivity index (χ0v) is 10.1. The number of aromatic carboxylic acids is 1. The minimum atomic E-state index is -2.08. The Kier molecular flexibility index (Phi) is 4.23. The van der Waals surface area contributed by atoms with Gasteiger partial charge < -0.3 is 20.6 Å². The van der Waals surface area contributed by atoms with Gasteiger partial charge in [0.25, 0.3) is 5.91 Å². The predicted octanol–water partition coefficient (Wildman–Crippen LogP) is -0.0498. The van der Waals surface area contributed by atoms with Gasteiger partial charge in [-0.2, -0.15) is 0 Å². The van der Waals surface area contributed by atoms with E-state index in [1.54, 1.807) is 0 Å². The van der Waals surface area contributed by atoms with Crippen LogP contribution in [-0.4, -0.2) is 45.3 Å². The van der Waals surface area contributed by atoms with Gasteiger partial charge >= 0.3 is 11.9 Å². The van der Waals surface area contributed by atoms with Gasteiger partial charge in [0.05, 0.1) is 12.1 Å². The van der Waals surface area contributed by atoms with Crippen LogP contribution < -0.4 is 5.32 Å². The van der Waals surface area contributed by atoms with E-state index in [0.717, 1.165) is 13.0 Å². The summed E-state index contributed by atoms with van der Waals surface area (Å²) in [4.78, 5) is 33.0. The van der Waals surface area contributed by atoms with Crippen LogP contribution in [0.2, 0.25) is 0 Å². The van der Waals surface area contributed by atoms with Crippen molar-refractivity contribution in [1.29, 1.82) is 0 Å². The highest BCUT2D eigenvalue weighted by Crippen LogP contribution is 2.06. The second-order valence-corrected chi connectivity index (χ2v) is 4.15. The Morgan fingerprint density at radius 3 is 2.32 bits per heavy atom. The summed E-state index contributed by atoms with van der Waals surface area (Å²) in [5.74, 6) is -3.30. The van der Waals surface area contributed by atoms with Gasteiger partial charge in [0.15, 0.2) is 5.60 Å². The first kappa shape index (κ1) is 14.7. The number of benzene rings is 1. The van der Waals surface area contributed by atoms with Crippen LogP contribution in [0.4, 0.5) is 0 Å². The van der Waals surface area contributed by atoms with E-state index >= 15 is 0 Å². The molecule has 0 heterocycles. The number of amides is 1. The summed E-state index contributed by atoms with van der Waals surface area (Å²) in [5.41, 5.74) is -2.07. The van der Waals surface area contributed by atoms with Crippen molar-refractivity contribution < 1.29 is 29.7 Å². The molecule has 7 heteroatoms. The Morgan fingerprint density at radius 1 is 1.21 bits per heavy atom. The van der Waals surface area contributed by atoms with Crippen LogP contribution in [0.5, 0.6) is 0 Å². The molecule has 7 nitrogen and oxygen atoms in total. The summed E-state index contributed by atoms with van der Waals surface area (Å²) < 4.78 is 0. The number of carboxylic acid groups (broad SMARTS) is 2. The molecule has 1 unspecified atom stereocenters. The van der Waals surface area contributed by atoms with Gasteiger partial charge in [0.2, 0.25) is 0 Å². The molecule has 0 aromatic heterocycles. The van der Waals surface area contributed by atoms with Crippen LogP contribution in [0, 0.1) is 0 Å². The fourth-order valence-corrected chi connectivity index (χ4v) is 1.22. The molecule has 4 N–H and O–H groups in total. The first-order valence-electron chi connectivity index (χ1n) is 5.31. The number of carbonyl (C=O) groups is 3. The summed E-state index contributed by atoms with van der Waals surface area (Å²) in [7, 11) is 0. The number of hydrogen-bond donors (Lipinski definition) is 4. The average molecular weight is 267 g/mol. The topological polar surface area (TPSA) is 124 Å². The lowest BCUT2D eigenvalue weighted by Crippen LogP contribution is -2.46. The zero-order valence-electron chi connectivity index (χ0n) is 10.1. The van der Waals surface area contributed by atoms with Gasteiger partial charge in [-0.3, -0.25) is 4.79 Å². The second kappa shape index (κ2) is 5.49. The second-order valence-electron chi connectivity index (χ2n) is 4.15. The quantitative estimate of drug-likeness (QED) is 0.593. The SMILES string of the molecule is CC(O)(CNC(=O)c1cccc(C(=O)O)c1)C(=O)O. The van der Waals surface area contributed by atoms with Crippen LogP contribution in [0.25, 0.3) is 0 Å². The lowest BCUT2D eigenvalue weighted by atomic mass is 10.1. The van der Waals surface area contributed by atoms with E-state index < -0.39 is 30.0 Å². The molecule has 19 heavy (non-hydrogen) atoms. The van der Waals surface area contributed by atoms with Crippen LogP contribution in [0.3, 0.4) is 0 Å². The first-order valence-corrected chi connectivity index (χ1v) is 5.31. The third kappa shape index (κ3) is 3.78. The number of nitrogens with one attached hydrogen (secondary N) is 1. The highest BCUT2D eigenvalue weighted by molar-refractivity contribution is 5.97. The van der Waals surface area contributed by atoms with Crippen molar-refractivity contribution in [3.05, 3.63) is 35.4 Å². The van der Waals surface area contributed by atoms with E-state index in [2.05, 4.69) is 5.32 Å². The lowest BCUT2D eigenvalue weighted by Gasteiger charge is -2.18. The van der Waals surface area contributed by atoms with E-state index in [1.807, 2.05) is 0 Å². The van der Waals surface area contributed by atoms with Gasteiger partial charge in [-0.05, 0) is 25.1 Å². The van der Waals surface area contributed by atoms with Gasteiger partial charge in [-0.15, -0.1) is 0 Å². The molecule has 0 radical (unpaired) electrons. The first-order chi connectivity index (χ1) is 8.74. The molecule has 0 aliphatic heterocycles. The van der Waals surface area contributed by atoms with Crippen LogP contribution in [0.15, 0.2) is 24.3 Å². The molecule has 0 aliphatic rings. The third-order valence-electron chi connectivity index (χ3n) is 2.43. The molecule has 0 saturated carbocycles. The largest absolute Gasteiger partial charge is 0.479 e. The number of carbonyl (C=O) groups excluding carboxylic acids is 1. The molecule has 1 aromatic carbocycles. The highest BCUT2D eigenvalue weighted by atomic mass is 16.4. The maximum absolute atomic E-state index is 11.7. The van der Waals surface area contributed by atoms with E-state index in [0.29, 0.717) is 0 Å². The van der Waals surface area contributed by atoms with Gasteiger partial charge in [0.1, 0.15) is 0 Å². The van der Waals surface area contributed by atoms with Crippen molar-refractivity contribution in [3.63, 3.8) is 0 Å². The van der Waals surface area contributed by atoms with Crippen LogP contribution in [0.1, 0.15) is 27.6 Å². The molecular formula is C12H13NO6. The fraction of sp³-hybridized carbons (Fsp3) is 0.250. The summed E-state index contributed by atoms with van der Waals surface area (Å²) in [6.07, 6.45) is 0. The molecule has 1 atom stereocenters. The standard InChI is InChI=1S/C12H13NO6/c1-12(19,11(17)18)6-13-9(14)7-3-2-4-8(5-7)10(15)16/h2-5,19H,6H2,1H3,(H,13,14)(H,15,16)(H,17,18).